The molecule has 1 aliphatic carbocycles. The Hall–Kier alpha value is -1.56. The first kappa shape index (κ1) is 12.9. The summed E-state index contributed by atoms with van der Waals surface area (Å²) in [4.78, 5) is 0. The van der Waals surface area contributed by atoms with Gasteiger partial charge in [-0.2, -0.15) is 5.26 Å². The first-order valence-corrected chi connectivity index (χ1v) is 6.38. The lowest BCUT2D eigenvalue weighted by atomic mass is 9.89. The number of hydrogen-bond donors (Lipinski definition) is 0. The van der Waals surface area contributed by atoms with Crippen LogP contribution in [-0.4, -0.2) is 18.1 Å². The Bertz CT molecular complexity index is 473. The zero-order valence-corrected chi connectivity index (χ0v) is 10.7. The summed E-state index contributed by atoms with van der Waals surface area (Å²) >= 11 is 5.58. The highest BCUT2D eigenvalue weighted by Gasteiger charge is 2.27. The van der Waals surface area contributed by atoms with Crippen molar-refractivity contribution in [1.29, 1.82) is 5.26 Å². The van der Waals surface area contributed by atoms with Gasteiger partial charge in [0.2, 0.25) is 0 Å². The predicted octanol–water partition coefficient (Wildman–Crippen LogP) is 3.41. The lowest BCUT2D eigenvalue weighted by molar-refractivity contribution is 0.0780. The van der Waals surface area contributed by atoms with Crippen LogP contribution in [-0.2, 0) is 4.74 Å². The zero-order valence-electron chi connectivity index (χ0n) is 9.92. The maximum Gasteiger partial charge on any atom is 0.191 e. The summed E-state index contributed by atoms with van der Waals surface area (Å²) in [5, 5.41) is 9.20. The zero-order chi connectivity index (χ0) is 12.8. The average Bonchev–Trinajstić information content (AvgIpc) is 2.47. The number of allylic oxidation sites excluding steroid dienone is 2. The first-order valence-electron chi connectivity index (χ1n) is 5.84. The van der Waals surface area contributed by atoms with Gasteiger partial charge in [-0.05, 0) is 17.7 Å². The van der Waals surface area contributed by atoms with E-state index in [0.29, 0.717) is 12.5 Å². The van der Waals surface area contributed by atoms with E-state index in [9.17, 15) is 5.26 Å². The van der Waals surface area contributed by atoms with Crippen LogP contribution in [0, 0.1) is 11.3 Å². The van der Waals surface area contributed by atoms with Crippen molar-refractivity contribution >= 4 is 11.6 Å². The average molecular weight is 260 g/mol. The highest BCUT2D eigenvalue weighted by atomic mass is 35.5. The molecule has 0 amide bonds. The predicted molar refractivity (Wildman–Crippen MR) is 72.5 cm³/mol. The minimum absolute atomic E-state index is 0.201. The minimum atomic E-state index is -0.958. The van der Waals surface area contributed by atoms with Crippen LogP contribution in [0.4, 0.5) is 0 Å². The van der Waals surface area contributed by atoms with Gasteiger partial charge in [0, 0.05) is 11.8 Å². The summed E-state index contributed by atoms with van der Waals surface area (Å²) in [5.41, 5.74) is 0.245. The summed E-state index contributed by atoms with van der Waals surface area (Å²) in [7, 11) is 0. The minimum Gasteiger partial charge on any atom is -0.352 e. The molecule has 18 heavy (non-hydrogen) atoms. The molecule has 0 spiro atoms. The molecule has 1 aromatic carbocycles. The van der Waals surface area contributed by atoms with Crippen molar-refractivity contribution < 1.29 is 4.74 Å². The molecule has 0 fully saturated rings. The van der Waals surface area contributed by atoms with Gasteiger partial charge >= 0.3 is 0 Å². The molecular weight excluding hydrogens is 246 g/mol. The third-order valence-electron chi connectivity index (χ3n) is 2.88. The van der Waals surface area contributed by atoms with Crippen LogP contribution in [0.1, 0.15) is 11.5 Å². The van der Waals surface area contributed by atoms with Crippen molar-refractivity contribution in [2.45, 2.75) is 11.5 Å². The van der Waals surface area contributed by atoms with Gasteiger partial charge in [-0.15, -0.1) is 11.6 Å². The van der Waals surface area contributed by atoms with E-state index >= 15 is 0 Å². The van der Waals surface area contributed by atoms with E-state index in [-0.39, 0.29) is 5.92 Å². The quantitative estimate of drug-likeness (QED) is 0.613. The van der Waals surface area contributed by atoms with Gasteiger partial charge in [-0.3, -0.25) is 0 Å². The van der Waals surface area contributed by atoms with Crippen LogP contribution in [0.3, 0.4) is 0 Å². The summed E-state index contributed by atoms with van der Waals surface area (Å²) in [6.07, 6.45) is 7.59. The Morgan fingerprint density at radius 2 is 1.89 bits per heavy atom. The molecule has 0 aromatic heterocycles. The van der Waals surface area contributed by atoms with Crippen molar-refractivity contribution in [2.24, 2.45) is 0 Å². The van der Waals surface area contributed by atoms with E-state index in [1.54, 1.807) is 12.2 Å². The molecule has 2 nitrogen and oxygen atoms in total. The number of benzene rings is 1. The Labute approximate surface area is 112 Å². The van der Waals surface area contributed by atoms with Crippen LogP contribution in [0.2, 0.25) is 0 Å². The summed E-state index contributed by atoms with van der Waals surface area (Å²) in [5.74, 6) is 0.583. The molecule has 0 saturated carbocycles. The second-order valence-electron chi connectivity index (χ2n) is 4.10. The fraction of sp³-hybridized carbons (Fsp3) is 0.267. The van der Waals surface area contributed by atoms with Gasteiger partial charge in [0.25, 0.3) is 0 Å². The monoisotopic (exact) mass is 259 g/mol. The highest BCUT2D eigenvalue weighted by molar-refractivity contribution is 6.17. The van der Waals surface area contributed by atoms with Gasteiger partial charge in [-0.25, -0.2) is 0 Å². The molecule has 3 heteroatoms. The third kappa shape index (κ3) is 2.81. The Morgan fingerprint density at radius 1 is 1.22 bits per heavy atom. The second-order valence-corrected chi connectivity index (χ2v) is 4.48. The number of hydrogen-bond acceptors (Lipinski definition) is 2. The van der Waals surface area contributed by atoms with Crippen LogP contribution >= 0.6 is 11.6 Å². The van der Waals surface area contributed by atoms with Crippen molar-refractivity contribution in [3.05, 3.63) is 60.2 Å². The summed E-state index contributed by atoms with van der Waals surface area (Å²) in [6, 6.07) is 12.3. The molecule has 0 atom stereocenters. The van der Waals surface area contributed by atoms with E-state index in [2.05, 4.69) is 18.2 Å². The first-order chi connectivity index (χ1) is 8.79. The molecule has 0 heterocycles. The molecule has 92 valence electrons. The van der Waals surface area contributed by atoms with Crippen molar-refractivity contribution in [1.82, 2.24) is 0 Å². The van der Waals surface area contributed by atoms with Gasteiger partial charge < -0.3 is 4.74 Å². The molecular formula is C15H14ClNO. The van der Waals surface area contributed by atoms with E-state index in [4.69, 9.17) is 16.3 Å². The van der Waals surface area contributed by atoms with Gasteiger partial charge in [0.15, 0.2) is 5.60 Å². The number of alkyl halides is 1. The second kappa shape index (κ2) is 5.86. The smallest absolute Gasteiger partial charge is 0.191 e. The van der Waals surface area contributed by atoms with E-state index in [1.165, 1.54) is 5.56 Å². The van der Waals surface area contributed by atoms with Crippen LogP contribution < -0.4 is 0 Å². The largest absolute Gasteiger partial charge is 0.352 e. The van der Waals surface area contributed by atoms with Gasteiger partial charge in [0.1, 0.15) is 6.07 Å². The number of halogens is 1. The molecule has 0 N–H and O–H groups in total. The SMILES string of the molecule is N#CC1(OCCCl)C=CC(c2ccccc2)C=C1. The van der Waals surface area contributed by atoms with Crippen molar-refractivity contribution in [3.63, 3.8) is 0 Å². The molecule has 0 radical (unpaired) electrons. The van der Waals surface area contributed by atoms with Gasteiger partial charge in [0.05, 0.1) is 6.61 Å². The third-order valence-corrected chi connectivity index (χ3v) is 3.03. The van der Waals surface area contributed by atoms with Crippen molar-refractivity contribution in [3.8, 4) is 6.07 Å². The number of nitrogens with zero attached hydrogens (tertiary/aromatic N) is 1. The maximum atomic E-state index is 9.20. The van der Waals surface area contributed by atoms with Gasteiger partial charge in [-0.1, -0.05) is 42.5 Å². The fourth-order valence-electron chi connectivity index (χ4n) is 1.92. The van der Waals surface area contributed by atoms with Crippen LogP contribution in [0.25, 0.3) is 0 Å². The number of ether oxygens (including phenoxy) is 1. The standard InChI is InChI=1S/C15H14ClNO/c16-10-11-18-15(12-17)8-6-14(7-9-15)13-4-2-1-3-5-13/h1-9,14H,10-11H2. The van der Waals surface area contributed by atoms with Crippen LogP contribution in [0.15, 0.2) is 54.6 Å². The number of rotatable bonds is 4. The highest BCUT2D eigenvalue weighted by Crippen LogP contribution is 2.28. The lowest BCUT2D eigenvalue weighted by Crippen LogP contribution is -2.28. The van der Waals surface area contributed by atoms with Crippen molar-refractivity contribution in [2.75, 3.05) is 12.5 Å². The molecule has 0 saturated heterocycles. The topological polar surface area (TPSA) is 33.0 Å². The Morgan fingerprint density at radius 3 is 2.44 bits per heavy atom. The molecule has 0 bridgehead atoms. The normalized spacial score (nSPS) is 25.9. The van der Waals surface area contributed by atoms with E-state index in [1.807, 2.05) is 30.4 Å². The lowest BCUT2D eigenvalue weighted by Gasteiger charge is -2.24. The molecule has 0 aliphatic heterocycles. The number of nitriles is 1. The summed E-state index contributed by atoms with van der Waals surface area (Å²) in [6.45, 7) is 0.361. The van der Waals surface area contributed by atoms with E-state index < -0.39 is 5.60 Å². The van der Waals surface area contributed by atoms with Crippen LogP contribution in [0.5, 0.6) is 0 Å². The maximum absolute atomic E-state index is 9.20. The molecule has 0 unspecified atom stereocenters. The van der Waals surface area contributed by atoms with E-state index in [0.717, 1.165) is 0 Å². The molecule has 1 aromatic rings. The fourth-order valence-corrected chi connectivity index (χ4v) is 2.00. The Balaban J connectivity index is 2.13. The molecule has 1 aliphatic rings. The molecule has 2 rings (SSSR count). The summed E-state index contributed by atoms with van der Waals surface area (Å²) < 4.78 is 5.49. The Kier molecular flexibility index (Phi) is 4.19.